The first kappa shape index (κ1) is 28.1. The van der Waals surface area contributed by atoms with Crippen LogP contribution in [-0.4, -0.2) is 56.6 Å². The summed E-state index contributed by atoms with van der Waals surface area (Å²) in [6.45, 7) is 7.00. The van der Waals surface area contributed by atoms with Gasteiger partial charge in [0.2, 0.25) is 0 Å². The zero-order valence-electron chi connectivity index (χ0n) is 24.1. The molecule has 7 nitrogen and oxygen atoms in total. The number of hydrogen-bond acceptors (Lipinski definition) is 6. The average molecular weight is 547 g/mol. The van der Waals surface area contributed by atoms with Gasteiger partial charge in [0.05, 0.1) is 17.9 Å². The topological polar surface area (TPSA) is 68.2 Å². The molecule has 0 aliphatic carbocycles. The third-order valence-electron chi connectivity index (χ3n) is 7.99. The number of rotatable bonds is 8. The van der Waals surface area contributed by atoms with Gasteiger partial charge < -0.3 is 19.5 Å². The summed E-state index contributed by atoms with van der Waals surface area (Å²) in [5, 5.41) is 3.14. The van der Waals surface area contributed by atoms with E-state index in [9.17, 15) is 4.39 Å². The SMILES string of the molecule is CN=C(NC)c1cnc(CN2CCC(c3cccc4c3OC(C)(c3ccc(C)cc3F)O4)CC2)c(CCOC)c1. The highest BCUT2D eigenvalue weighted by atomic mass is 19.1. The molecule has 40 heavy (non-hydrogen) atoms. The maximum Gasteiger partial charge on any atom is 0.278 e. The number of hydrogen-bond donors (Lipinski definition) is 1. The predicted octanol–water partition coefficient (Wildman–Crippen LogP) is 5.34. The number of aryl methyl sites for hydroxylation is 1. The van der Waals surface area contributed by atoms with Gasteiger partial charge in [-0.25, -0.2) is 4.39 Å². The molecule has 0 bridgehead atoms. The van der Waals surface area contributed by atoms with Crippen LogP contribution in [0.2, 0.25) is 0 Å². The number of nitrogens with one attached hydrogen (secondary N) is 1. The molecule has 0 radical (unpaired) electrons. The van der Waals surface area contributed by atoms with Gasteiger partial charge in [-0.3, -0.25) is 14.9 Å². The lowest BCUT2D eigenvalue weighted by Gasteiger charge is -2.33. The minimum Gasteiger partial charge on any atom is -0.444 e. The number of likely N-dealkylation sites (tertiary alicyclic amines) is 1. The standard InChI is InChI=1S/C32H39FN4O3/c1-21-9-10-26(27(33)17-21)32(2)39-29-8-6-7-25(30(29)40-32)22-11-14-37(15-12-22)20-28-23(13-16-38-5)18-24(19-36-28)31(34-3)35-4/h6-10,17-19,22H,11-16,20H2,1-5H3,(H,34,35). The quantitative estimate of drug-likeness (QED) is 0.304. The fourth-order valence-electron chi connectivity index (χ4n) is 5.81. The molecule has 1 N–H and O–H groups in total. The van der Waals surface area contributed by atoms with Crippen molar-refractivity contribution in [3.63, 3.8) is 0 Å². The normalized spacial score (nSPS) is 19.7. The maximum absolute atomic E-state index is 14.9. The van der Waals surface area contributed by atoms with Crippen molar-refractivity contribution in [1.82, 2.24) is 15.2 Å². The van der Waals surface area contributed by atoms with Crippen molar-refractivity contribution in [3.05, 3.63) is 88.0 Å². The second-order valence-corrected chi connectivity index (χ2v) is 10.8. The molecule has 1 aromatic heterocycles. The number of para-hydroxylation sites is 1. The van der Waals surface area contributed by atoms with E-state index in [0.29, 0.717) is 23.8 Å². The summed E-state index contributed by atoms with van der Waals surface area (Å²) in [5.41, 5.74) is 5.66. The Morgan fingerprint density at radius 1 is 1.20 bits per heavy atom. The largest absolute Gasteiger partial charge is 0.444 e. The molecule has 3 heterocycles. The van der Waals surface area contributed by atoms with Crippen LogP contribution in [0.1, 0.15) is 59.2 Å². The lowest BCUT2D eigenvalue weighted by molar-refractivity contribution is -0.0712. The van der Waals surface area contributed by atoms with Crippen LogP contribution >= 0.6 is 0 Å². The Balaban J connectivity index is 1.28. The number of methoxy groups -OCH3 is 1. The summed E-state index contributed by atoms with van der Waals surface area (Å²) >= 11 is 0. The van der Waals surface area contributed by atoms with E-state index in [1.54, 1.807) is 27.1 Å². The van der Waals surface area contributed by atoms with Crippen molar-refractivity contribution in [2.75, 3.05) is 40.9 Å². The molecule has 2 aliphatic rings. The number of fused-ring (bicyclic) bond motifs is 1. The number of aliphatic imine (C=N–C) groups is 1. The van der Waals surface area contributed by atoms with Crippen LogP contribution in [-0.2, 0) is 23.5 Å². The molecule has 212 valence electrons. The third-order valence-corrected chi connectivity index (χ3v) is 7.99. The maximum atomic E-state index is 14.9. The first-order chi connectivity index (χ1) is 19.3. The lowest BCUT2D eigenvalue weighted by atomic mass is 9.88. The molecule has 5 rings (SSSR count). The number of nitrogens with zero attached hydrogens (tertiary/aromatic N) is 3. The van der Waals surface area contributed by atoms with Gasteiger partial charge in [-0.05, 0) is 80.6 Å². The third kappa shape index (κ3) is 5.69. The van der Waals surface area contributed by atoms with Crippen molar-refractivity contribution in [3.8, 4) is 11.5 Å². The zero-order valence-corrected chi connectivity index (χ0v) is 24.1. The van der Waals surface area contributed by atoms with Crippen molar-refractivity contribution >= 4 is 5.84 Å². The first-order valence-electron chi connectivity index (χ1n) is 14.0. The number of aromatic nitrogens is 1. The average Bonchev–Trinajstić information content (AvgIpc) is 3.31. The van der Waals surface area contributed by atoms with Gasteiger partial charge in [-0.2, -0.15) is 0 Å². The van der Waals surface area contributed by atoms with E-state index in [-0.39, 0.29) is 5.82 Å². The zero-order chi connectivity index (χ0) is 28.3. The van der Waals surface area contributed by atoms with E-state index in [4.69, 9.17) is 19.2 Å². The van der Waals surface area contributed by atoms with Crippen LogP contribution in [0, 0.1) is 12.7 Å². The molecule has 3 aromatic rings. The Morgan fingerprint density at radius 3 is 2.70 bits per heavy atom. The van der Waals surface area contributed by atoms with Gasteiger partial charge in [0, 0.05) is 52.0 Å². The minimum atomic E-state index is -1.19. The molecule has 0 saturated carbocycles. The molecule has 0 amide bonds. The second kappa shape index (κ2) is 11.9. The summed E-state index contributed by atoms with van der Waals surface area (Å²) in [6, 6.07) is 13.4. The van der Waals surface area contributed by atoms with Crippen molar-refractivity contribution in [2.24, 2.45) is 4.99 Å². The van der Waals surface area contributed by atoms with Crippen LogP contribution in [0.4, 0.5) is 4.39 Å². The molecule has 1 saturated heterocycles. The number of amidine groups is 1. The van der Waals surface area contributed by atoms with E-state index in [0.717, 1.165) is 72.9 Å². The summed E-state index contributed by atoms with van der Waals surface area (Å²) in [4.78, 5) is 11.6. The highest BCUT2D eigenvalue weighted by Crippen LogP contribution is 2.49. The van der Waals surface area contributed by atoms with Gasteiger partial charge in [0.25, 0.3) is 5.79 Å². The molecular formula is C32H39FN4O3. The Hall–Kier alpha value is -3.49. The molecule has 1 atom stereocenters. The van der Waals surface area contributed by atoms with E-state index in [1.165, 1.54) is 11.6 Å². The predicted molar refractivity (Wildman–Crippen MR) is 155 cm³/mol. The van der Waals surface area contributed by atoms with Crippen LogP contribution in [0.15, 0.2) is 53.7 Å². The van der Waals surface area contributed by atoms with E-state index >= 15 is 0 Å². The molecular weight excluding hydrogens is 507 g/mol. The molecule has 2 aromatic carbocycles. The molecule has 1 fully saturated rings. The van der Waals surface area contributed by atoms with Gasteiger partial charge in [-0.15, -0.1) is 0 Å². The number of benzene rings is 2. The summed E-state index contributed by atoms with van der Waals surface area (Å²) in [5.74, 6) is 1.05. The van der Waals surface area contributed by atoms with E-state index < -0.39 is 5.79 Å². The van der Waals surface area contributed by atoms with Crippen LogP contribution < -0.4 is 14.8 Å². The fraction of sp³-hybridized carbons (Fsp3) is 0.438. The summed E-state index contributed by atoms with van der Waals surface area (Å²) < 4.78 is 32.8. The monoisotopic (exact) mass is 546 g/mol. The Morgan fingerprint density at radius 2 is 2.00 bits per heavy atom. The highest BCUT2D eigenvalue weighted by molar-refractivity contribution is 5.98. The molecule has 1 unspecified atom stereocenters. The second-order valence-electron chi connectivity index (χ2n) is 10.8. The van der Waals surface area contributed by atoms with Gasteiger partial charge >= 0.3 is 0 Å². The van der Waals surface area contributed by atoms with E-state index in [1.807, 2.05) is 38.4 Å². The van der Waals surface area contributed by atoms with Crippen molar-refractivity contribution < 1.29 is 18.6 Å². The van der Waals surface area contributed by atoms with Gasteiger partial charge in [-0.1, -0.05) is 18.2 Å². The number of ether oxygens (including phenoxy) is 3. The van der Waals surface area contributed by atoms with Crippen molar-refractivity contribution in [1.29, 1.82) is 0 Å². The van der Waals surface area contributed by atoms with Crippen LogP contribution in [0.5, 0.6) is 11.5 Å². The summed E-state index contributed by atoms with van der Waals surface area (Å²) in [6.07, 6.45) is 4.69. The minimum absolute atomic E-state index is 0.319. The number of halogens is 1. The first-order valence-corrected chi connectivity index (χ1v) is 14.0. The fourth-order valence-corrected chi connectivity index (χ4v) is 5.81. The van der Waals surface area contributed by atoms with Crippen LogP contribution in [0.25, 0.3) is 0 Å². The molecule has 2 aliphatic heterocycles. The van der Waals surface area contributed by atoms with Crippen LogP contribution in [0.3, 0.4) is 0 Å². The Kier molecular flexibility index (Phi) is 8.38. The molecule has 0 spiro atoms. The number of pyridine rings is 1. The van der Waals surface area contributed by atoms with Crippen molar-refractivity contribution in [2.45, 2.75) is 51.4 Å². The Labute approximate surface area is 236 Å². The van der Waals surface area contributed by atoms with E-state index in [2.05, 4.69) is 27.3 Å². The summed E-state index contributed by atoms with van der Waals surface area (Å²) in [7, 11) is 5.37. The highest BCUT2D eigenvalue weighted by Gasteiger charge is 2.42. The van der Waals surface area contributed by atoms with Gasteiger partial charge in [0.1, 0.15) is 11.7 Å². The lowest BCUT2D eigenvalue weighted by Crippen LogP contribution is -2.34. The smallest absolute Gasteiger partial charge is 0.278 e. The molecule has 8 heteroatoms. The van der Waals surface area contributed by atoms with Gasteiger partial charge in [0.15, 0.2) is 11.5 Å². The number of piperidine rings is 1. The Bertz CT molecular complexity index is 1390.